The van der Waals surface area contributed by atoms with E-state index in [0.717, 1.165) is 22.3 Å². The molecule has 8 rings (SSSR count). The molecular formula is C47H34N6O8. The minimum Gasteiger partial charge on any atom is -0.507 e. The molecule has 61 heavy (non-hydrogen) atoms. The Morgan fingerprint density at radius 3 is 0.984 bits per heavy atom. The summed E-state index contributed by atoms with van der Waals surface area (Å²) in [5.74, 6) is 0.398. The average Bonchev–Trinajstić information content (AvgIpc) is 3.30. The number of hydrogen-bond donors (Lipinski definition) is 2. The predicted octanol–water partition coefficient (Wildman–Crippen LogP) is 8.32. The summed E-state index contributed by atoms with van der Waals surface area (Å²) < 4.78 is 21.1. The van der Waals surface area contributed by atoms with E-state index in [1.165, 1.54) is 12.1 Å². The van der Waals surface area contributed by atoms with Crippen molar-refractivity contribution in [2.45, 2.75) is 6.42 Å². The Bertz CT molecular complexity index is 2490. The van der Waals surface area contributed by atoms with Crippen LogP contribution >= 0.6 is 0 Å². The van der Waals surface area contributed by atoms with Crippen LogP contribution in [-0.2, 0) is 19.1 Å². The number of phenols is 2. The van der Waals surface area contributed by atoms with Crippen molar-refractivity contribution < 1.29 is 38.7 Å². The molecule has 0 spiro atoms. The minimum absolute atomic E-state index is 0.181. The number of phenolic OH excluding ortho intramolecular Hbond substituents is 2. The molecular weight excluding hydrogens is 777 g/mol. The fourth-order valence-electron chi connectivity index (χ4n) is 5.99. The van der Waals surface area contributed by atoms with Crippen molar-refractivity contribution in [3.8, 4) is 91.3 Å². The topological polar surface area (TPSA) is 189 Å². The van der Waals surface area contributed by atoms with Crippen LogP contribution < -0.4 is 9.47 Å². The van der Waals surface area contributed by atoms with E-state index < -0.39 is 31.9 Å². The molecule has 0 saturated carbocycles. The summed E-state index contributed by atoms with van der Waals surface area (Å²) in [5.41, 5.74) is 3.77. The summed E-state index contributed by atoms with van der Waals surface area (Å²) in [6, 6.07) is 46.6. The zero-order valence-corrected chi connectivity index (χ0v) is 32.2. The second kappa shape index (κ2) is 18.4. The van der Waals surface area contributed by atoms with Crippen LogP contribution in [0.3, 0.4) is 0 Å². The Morgan fingerprint density at radius 2 is 0.689 bits per heavy atom. The quantitative estimate of drug-likeness (QED) is 0.0606. The molecule has 0 atom stereocenters. The second-order valence-electron chi connectivity index (χ2n) is 13.2. The maximum atomic E-state index is 12.4. The van der Waals surface area contributed by atoms with Gasteiger partial charge in [-0.05, 0) is 24.3 Å². The summed E-state index contributed by atoms with van der Waals surface area (Å²) in [7, 11) is 0. The third-order valence-corrected chi connectivity index (χ3v) is 9.00. The van der Waals surface area contributed by atoms with E-state index in [2.05, 4.69) is 29.9 Å². The SMILES string of the molecule is O=C(CC(=O)OCOc1ccc(-c2nc(-c3ccccc3)nc(-c3ccccc3)n2)c(O)c1)OCOc1ccc(-c2nc(-c3ccccc3)nc(-c3ccccc3)n2)c(O)c1. The van der Waals surface area contributed by atoms with Crippen LogP contribution in [0.1, 0.15) is 6.42 Å². The van der Waals surface area contributed by atoms with Gasteiger partial charge in [0.25, 0.3) is 0 Å². The number of aromatic nitrogens is 6. The zero-order valence-electron chi connectivity index (χ0n) is 32.2. The molecule has 0 aliphatic heterocycles. The third kappa shape index (κ3) is 9.79. The molecule has 0 unspecified atom stereocenters. The molecule has 0 fully saturated rings. The zero-order chi connectivity index (χ0) is 42.0. The largest absolute Gasteiger partial charge is 0.507 e. The minimum atomic E-state index is -0.915. The first kappa shape index (κ1) is 39.3. The van der Waals surface area contributed by atoms with Gasteiger partial charge in [-0.3, -0.25) is 9.59 Å². The number of benzene rings is 6. The molecule has 2 heterocycles. The van der Waals surface area contributed by atoms with Crippen molar-refractivity contribution in [1.29, 1.82) is 0 Å². The van der Waals surface area contributed by atoms with Gasteiger partial charge >= 0.3 is 11.9 Å². The van der Waals surface area contributed by atoms with Gasteiger partial charge in [-0.25, -0.2) is 29.9 Å². The van der Waals surface area contributed by atoms with Crippen LogP contribution in [0.5, 0.6) is 23.0 Å². The molecule has 0 radical (unpaired) electrons. The standard InChI is InChI=1S/C47H34N6O8/c54-38-25-34(21-23-36(38)46-50-42(30-13-5-1-6-14-30)48-43(51-46)31-15-7-2-8-16-31)58-28-60-40(56)27-41(57)61-29-59-35-22-24-37(39(55)26-35)47-52-44(32-17-9-3-10-18-32)49-45(53-47)33-19-11-4-12-20-33/h1-26,54-55H,27-29H2. The second-order valence-corrected chi connectivity index (χ2v) is 13.2. The molecule has 14 heteroatoms. The Kier molecular flexibility index (Phi) is 11.8. The highest BCUT2D eigenvalue weighted by Gasteiger charge is 2.18. The van der Waals surface area contributed by atoms with Gasteiger partial charge in [0, 0.05) is 34.4 Å². The van der Waals surface area contributed by atoms with Crippen LogP contribution in [0.15, 0.2) is 158 Å². The Labute approximate surface area is 348 Å². The number of aromatic hydroxyl groups is 2. The van der Waals surface area contributed by atoms with Gasteiger partial charge in [-0.1, -0.05) is 121 Å². The van der Waals surface area contributed by atoms with Gasteiger partial charge < -0.3 is 29.2 Å². The van der Waals surface area contributed by atoms with E-state index in [-0.39, 0.29) is 34.6 Å². The van der Waals surface area contributed by atoms with Gasteiger partial charge in [-0.2, -0.15) is 0 Å². The van der Waals surface area contributed by atoms with Gasteiger partial charge in [0.2, 0.25) is 13.6 Å². The number of nitrogens with zero attached hydrogens (tertiary/aromatic N) is 6. The molecule has 2 N–H and O–H groups in total. The molecule has 0 bridgehead atoms. The fourth-order valence-corrected chi connectivity index (χ4v) is 5.99. The maximum absolute atomic E-state index is 12.4. The Balaban J connectivity index is 0.840. The van der Waals surface area contributed by atoms with Crippen LogP contribution in [0.2, 0.25) is 0 Å². The molecule has 2 aromatic heterocycles. The van der Waals surface area contributed by atoms with Crippen molar-refractivity contribution in [2.24, 2.45) is 0 Å². The summed E-state index contributed by atoms with van der Waals surface area (Å²) >= 11 is 0. The number of rotatable bonds is 14. The molecule has 6 aromatic carbocycles. The highest BCUT2D eigenvalue weighted by molar-refractivity contribution is 5.91. The first-order chi connectivity index (χ1) is 29.9. The number of carbonyl (C=O) groups excluding carboxylic acids is 2. The molecule has 0 aliphatic rings. The monoisotopic (exact) mass is 810 g/mol. The van der Waals surface area contributed by atoms with Gasteiger partial charge in [0.15, 0.2) is 34.9 Å². The average molecular weight is 811 g/mol. The lowest BCUT2D eigenvalue weighted by Gasteiger charge is -2.12. The number of esters is 2. The maximum Gasteiger partial charge on any atom is 0.320 e. The number of carbonyl (C=O) groups is 2. The molecule has 14 nitrogen and oxygen atoms in total. The summed E-state index contributed by atoms with van der Waals surface area (Å²) in [6.45, 7) is -1.09. The molecule has 0 amide bonds. The summed E-state index contributed by atoms with van der Waals surface area (Å²) in [4.78, 5) is 52.5. The van der Waals surface area contributed by atoms with Crippen molar-refractivity contribution in [3.05, 3.63) is 158 Å². The lowest BCUT2D eigenvalue weighted by Crippen LogP contribution is -2.18. The van der Waals surface area contributed by atoms with E-state index in [4.69, 9.17) is 18.9 Å². The van der Waals surface area contributed by atoms with Crippen LogP contribution in [0, 0.1) is 0 Å². The molecule has 300 valence electrons. The van der Waals surface area contributed by atoms with E-state index in [9.17, 15) is 19.8 Å². The van der Waals surface area contributed by atoms with Crippen LogP contribution in [-0.4, -0.2) is 65.6 Å². The Morgan fingerprint density at radius 1 is 0.393 bits per heavy atom. The van der Waals surface area contributed by atoms with E-state index in [1.807, 2.05) is 121 Å². The number of ether oxygens (including phenoxy) is 4. The van der Waals surface area contributed by atoms with Crippen molar-refractivity contribution in [2.75, 3.05) is 13.6 Å². The van der Waals surface area contributed by atoms with Gasteiger partial charge in [-0.15, -0.1) is 0 Å². The fraction of sp³-hybridized carbons (Fsp3) is 0.0638. The van der Waals surface area contributed by atoms with E-state index in [0.29, 0.717) is 34.4 Å². The predicted molar refractivity (Wildman–Crippen MR) is 223 cm³/mol. The normalized spacial score (nSPS) is 10.8. The highest BCUT2D eigenvalue weighted by Crippen LogP contribution is 2.34. The lowest BCUT2D eigenvalue weighted by atomic mass is 10.1. The van der Waals surface area contributed by atoms with Gasteiger partial charge in [0.1, 0.15) is 29.4 Å². The summed E-state index contributed by atoms with van der Waals surface area (Å²) in [6.07, 6.45) is -0.721. The van der Waals surface area contributed by atoms with Gasteiger partial charge in [0.05, 0.1) is 11.1 Å². The van der Waals surface area contributed by atoms with Crippen molar-refractivity contribution >= 4 is 11.9 Å². The lowest BCUT2D eigenvalue weighted by molar-refractivity contribution is -0.161. The smallest absolute Gasteiger partial charge is 0.320 e. The van der Waals surface area contributed by atoms with Crippen LogP contribution in [0.4, 0.5) is 0 Å². The highest BCUT2D eigenvalue weighted by atomic mass is 16.7. The third-order valence-electron chi connectivity index (χ3n) is 9.00. The van der Waals surface area contributed by atoms with E-state index >= 15 is 0 Å². The molecule has 8 aromatic rings. The van der Waals surface area contributed by atoms with Crippen molar-refractivity contribution in [1.82, 2.24) is 29.9 Å². The Hall–Kier alpha value is -8.52. The van der Waals surface area contributed by atoms with Crippen molar-refractivity contribution in [3.63, 3.8) is 0 Å². The molecule has 0 saturated heterocycles. The molecule has 0 aliphatic carbocycles. The first-order valence-electron chi connectivity index (χ1n) is 18.8. The van der Waals surface area contributed by atoms with Crippen LogP contribution in [0.25, 0.3) is 68.3 Å². The number of hydrogen-bond acceptors (Lipinski definition) is 14. The first-order valence-corrected chi connectivity index (χ1v) is 18.8. The van der Waals surface area contributed by atoms with E-state index in [1.54, 1.807) is 24.3 Å². The summed E-state index contributed by atoms with van der Waals surface area (Å²) in [5, 5.41) is 21.9.